The standard InChI is InChI=1S/C14H29NS/c1-11(2)9-16-10-14(15-4)13-7-5-6-12(3)8-13/h11-15H,5-10H2,1-4H3. The number of thioether (sulfide) groups is 1. The maximum Gasteiger partial charge on any atom is 0.0183 e. The average molecular weight is 243 g/mol. The third-order valence-corrected chi connectivity index (χ3v) is 5.16. The summed E-state index contributed by atoms with van der Waals surface area (Å²) in [6.45, 7) is 7.04. The van der Waals surface area contributed by atoms with E-state index >= 15 is 0 Å². The van der Waals surface area contributed by atoms with Crippen molar-refractivity contribution in [1.82, 2.24) is 5.32 Å². The molecule has 3 unspecified atom stereocenters. The molecule has 1 saturated carbocycles. The minimum atomic E-state index is 0.742. The normalized spacial score (nSPS) is 28.3. The van der Waals surface area contributed by atoms with Gasteiger partial charge in [0.25, 0.3) is 0 Å². The van der Waals surface area contributed by atoms with Crippen molar-refractivity contribution in [2.45, 2.75) is 52.5 Å². The van der Waals surface area contributed by atoms with Crippen LogP contribution < -0.4 is 5.32 Å². The summed E-state index contributed by atoms with van der Waals surface area (Å²) in [6.07, 6.45) is 5.77. The fraction of sp³-hybridized carbons (Fsp3) is 1.00. The molecule has 0 heterocycles. The van der Waals surface area contributed by atoms with Gasteiger partial charge in [0.2, 0.25) is 0 Å². The highest BCUT2D eigenvalue weighted by atomic mass is 32.2. The van der Waals surface area contributed by atoms with Crippen molar-refractivity contribution in [3.05, 3.63) is 0 Å². The second-order valence-electron chi connectivity index (χ2n) is 5.86. The first-order chi connectivity index (χ1) is 7.63. The summed E-state index contributed by atoms with van der Waals surface area (Å²) < 4.78 is 0. The van der Waals surface area contributed by atoms with E-state index in [0.717, 1.165) is 23.8 Å². The van der Waals surface area contributed by atoms with Gasteiger partial charge in [0.15, 0.2) is 0 Å². The van der Waals surface area contributed by atoms with Crippen LogP contribution in [0.15, 0.2) is 0 Å². The van der Waals surface area contributed by atoms with Crippen LogP contribution in [-0.4, -0.2) is 24.6 Å². The van der Waals surface area contributed by atoms with Crippen LogP contribution in [0.25, 0.3) is 0 Å². The molecular weight excluding hydrogens is 214 g/mol. The Bertz CT molecular complexity index is 182. The molecule has 1 aliphatic carbocycles. The predicted molar refractivity (Wildman–Crippen MR) is 76.1 cm³/mol. The topological polar surface area (TPSA) is 12.0 Å². The molecule has 0 aromatic heterocycles. The molecule has 3 atom stereocenters. The Hall–Kier alpha value is 0.310. The van der Waals surface area contributed by atoms with E-state index in [9.17, 15) is 0 Å². The summed E-state index contributed by atoms with van der Waals surface area (Å²) in [4.78, 5) is 0. The Labute approximate surface area is 106 Å². The molecule has 1 fully saturated rings. The van der Waals surface area contributed by atoms with Crippen molar-refractivity contribution in [2.75, 3.05) is 18.6 Å². The molecule has 96 valence electrons. The molecule has 0 radical (unpaired) electrons. The van der Waals surface area contributed by atoms with Gasteiger partial charge in [0, 0.05) is 11.8 Å². The van der Waals surface area contributed by atoms with Gasteiger partial charge in [-0.1, -0.05) is 33.6 Å². The smallest absolute Gasteiger partial charge is 0.0183 e. The Morgan fingerprint density at radius 3 is 2.56 bits per heavy atom. The van der Waals surface area contributed by atoms with Crippen molar-refractivity contribution in [1.29, 1.82) is 0 Å². The molecular formula is C14H29NS. The maximum atomic E-state index is 3.55. The quantitative estimate of drug-likeness (QED) is 0.762. The monoisotopic (exact) mass is 243 g/mol. The van der Waals surface area contributed by atoms with E-state index in [2.05, 4.69) is 44.9 Å². The first kappa shape index (κ1) is 14.4. The minimum Gasteiger partial charge on any atom is -0.316 e. The van der Waals surface area contributed by atoms with Crippen LogP contribution in [0.5, 0.6) is 0 Å². The van der Waals surface area contributed by atoms with E-state index in [1.165, 1.54) is 37.2 Å². The summed E-state index contributed by atoms with van der Waals surface area (Å²) in [7, 11) is 2.14. The van der Waals surface area contributed by atoms with Crippen molar-refractivity contribution >= 4 is 11.8 Å². The molecule has 0 saturated heterocycles. The summed E-state index contributed by atoms with van der Waals surface area (Å²) in [5.74, 6) is 5.30. The molecule has 1 N–H and O–H groups in total. The van der Waals surface area contributed by atoms with Crippen LogP contribution in [-0.2, 0) is 0 Å². The largest absolute Gasteiger partial charge is 0.316 e. The molecule has 1 aliphatic rings. The lowest BCUT2D eigenvalue weighted by Gasteiger charge is -2.33. The Balaban J connectivity index is 2.28. The van der Waals surface area contributed by atoms with Crippen LogP contribution in [0, 0.1) is 17.8 Å². The molecule has 16 heavy (non-hydrogen) atoms. The molecule has 0 aromatic rings. The van der Waals surface area contributed by atoms with Crippen molar-refractivity contribution in [3.63, 3.8) is 0 Å². The van der Waals surface area contributed by atoms with Gasteiger partial charge in [0.1, 0.15) is 0 Å². The second-order valence-corrected chi connectivity index (χ2v) is 6.93. The van der Waals surface area contributed by atoms with E-state index in [0.29, 0.717) is 0 Å². The van der Waals surface area contributed by atoms with Crippen LogP contribution in [0.1, 0.15) is 46.5 Å². The van der Waals surface area contributed by atoms with E-state index in [1.807, 2.05) is 0 Å². The van der Waals surface area contributed by atoms with E-state index in [4.69, 9.17) is 0 Å². The van der Waals surface area contributed by atoms with Crippen LogP contribution in [0.3, 0.4) is 0 Å². The highest BCUT2D eigenvalue weighted by molar-refractivity contribution is 7.99. The van der Waals surface area contributed by atoms with Gasteiger partial charge in [-0.25, -0.2) is 0 Å². The highest BCUT2D eigenvalue weighted by Gasteiger charge is 2.25. The zero-order valence-corrected chi connectivity index (χ0v) is 12.3. The summed E-state index contributed by atoms with van der Waals surface area (Å²) in [5, 5.41) is 3.55. The Kier molecular flexibility index (Phi) is 6.83. The molecule has 1 nitrogen and oxygen atoms in total. The molecule has 0 spiro atoms. The van der Waals surface area contributed by atoms with Gasteiger partial charge in [0.05, 0.1) is 0 Å². The van der Waals surface area contributed by atoms with E-state index < -0.39 is 0 Å². The van der Waals surface area contributed by atoms with Gasteiger partial charge in [-0.15, -0.1) is 0 Å². The fourth-order valence-electron chi connectivity index (χ4n) is 2.73. The SMILES string of the molecule is CNC(CSCC(C)C)C1CCCC(C)C1. The zero-order valence-electron chi connectivity index (χ0n) is 11.5. The third kappa shape index (κ3) is 5.09. The highest BCUT2D eigenvalue weighted by Crippen LogP contribution is 2.31. The van der Waals surface area contributed by atoms with Gasteiger partial charge in [-0.3, -0.25) is 0 Å². The summed E-state index contributed by atoms with van der Waals surface area (Å²) in [6, 6.07) is 0.742. The average Bonchev–Trinajstić information content (AvgIpc) is 2.24. The van der Waals surface area contributed by atoms with E-state index in [-0.39, 0.29) is 0 Å². The molecule has 0 amide bonds. The zero-order chi connectivity index (χ0) is 12.0. The summed E-state index contributed by atoms with van der Waals surface area (Å²) in [5.41, 5.74) is 0. The van der Waals surface area contributed by atoms with Crippen molar-refractivity contribution in [2.24, 2.45) is 17.8 Å². The van der Waals surface area contributed by atoms with Crippen LogP contribution >= 0.6 is 11.8 Å². The predicted octanol–water partition coefficient (Wildman–Crippen LogP) is 3.79. The van der Waals surface area contributed by atoms with Gasteiger partial charge in [-0.05, 0) is 43.4 Å². The van der Waals surface area contributed by atoms with Crippen molar-refractivity contribution < 1.29 is 0 Å². The lowest BCUT2D eigenvalue weighted by molar-refractivity contribution is 0.240. The first-order valence-electron chi connectivity index (χ1n) is 6.88. The Morgan fingerprint density at radius 1 is 1.25 bits per heavy atom. The van der Waals surface area contributed by atoms with Crippen molar-refractivity contribution in [3.8, 4) is 0 Å². The fourth-order valence-corrected chi connectivity index (χ4v) is 4.03. The minimum absolute atomic E-state index is 0.742. The third-order valence-electron chi connectivity index (χ3n) is 3.67. The van der Waals surface area contributed by atoms with Gasteiger partial charge >= 0.3 is 0 Å². The Morgan fingerprint density at radius 2 is 2.00 bits per heavy atom. The lowest BCUT2D eigenvalue weighted by Crippen LogP contribution is -2.38. The summed E-state index contributed by atoms with van der Waals surface area (Å²) >= 11 is 2.13. The number of rotatable bonds is 6. The molecule has 0 aromatic carbocycles. The van der Waals surface area contributed by atoms with Gasteiger partial charge in [-0.2, -0.15) is 11.8 Å². The molecule has 0 aliphatic heterocycles. The maximum absolute atomic E-state index is 3.55. The van der Waals surface area contributed by atoms with E-state index in [1.54, 1.807) is 0 Å². The molecule has 0 bridgehead atoms. The number of nitrogens with one attached hydrogen (secondary N) is 1. The molecule has 1 rings (SSSR count). The second kappa shape index (κ2) is 7.60. The van der Waals surface area contributed by atoms with Crippen LogP contribution in [0.4, 0.5) is 0 Å². The lowest BCUT2D eigenvalue weighted by atomic mass is 9.79. The number of hydrogen-bond donors (Lipinski definition) is 1. The molecule has 2 heteroatoms. The van der Waals surface area contributed by atoms with Crippen LogP contribution in [0.2, 0.25) is 0 Å². The first-order valence-corrected chi connectivity index (χ1v) is 8.04. The van der Waals surface area contributed by atoms with Gasteiger partial charge < -0.3 is 5.32 Å². The number of hydrogen-bond acceptors (Lipinski definition) is 2.